The highest BCUT2D eigenvalue weighted by Gasteiger charge is 2.42. The maximum atomic E-state index is 13.2. The predicted molar refractivity (Wildman–Crippen MR) is 57.0 cm³/mol. The number of halogens is 3. The first-order chi connectivity index (χ1) is 7.41. The Bertz CT molecular complexity index is 565. The maximum absolute atomic E-state index is 13.2. The van der Waals surface area contributed by atoms with Gasteiger partial charge in [0.2, 0.25) is 0 Å². The van der Waals surface area contributed by atoms with Crippen molar-refractivity contribution in [3.8, 4) is 0 Å². The highest BCUT2D eigenvalue weighted by molar-refractivity contribution is 9.10. The van der Waals surface area contributed by atoms with Gasteiger partial charge in [0.1, 0.15) is 5.58 Å². The van der Waals surface area contributed by atoms with Crippen LogP contribution < -0.4 is 5.73 Å². The van der Waals surface area contributed by atoms with Crippen LogP contribution in [-0.2, 0) is 10.7 Å². The highest BCUT2D eigenvalue weighted by Crippen LogP contribution is 2.33. The van der Waals surface area contributed by atoms with Gasteiger partial charge in [-0.15, -0.1) is 0 Å². The van der Waals surface area contributed by atoms with Crippen molar-refractivity contribution >= 4 is 32.8 Å². The molecule has 0 fully saturated rings. The summed E-state index contributed by atoms with van der Waals surface area (Å²) in [5.41, 5.74) is 4.87. The molecule has 0 aliphatic heterocycles. The van der Waals surface area contributed by atoms with Crippen molar-refractivity contribution in [3.63, 3.8) is 0 Å². The first-order valence-electron chi connectivity index (χ1n) is 4.28. The Labute approximate surface area is 97.3 Å². The second kappa shape index (κ2) is 3.55. The summed E-state index contributed by atoms with van der Waals surface area (Å²) in [4.78, 5) is 10.6. The van der Waals surface area contributed by atoms with Gasteiger partial charge >= 0.3 is 5.92 Å². The molecule has 0 aliphatic carbocycles. The summed E-state index contributed by atoms with van der Waals surface area (Å²) in [6.45, 7) is 0. The van der Waals surface area contributed by atoms with E-state index in [2.05, 4.69) is 21.7 Å². The third-order valence-corrected chi connectivity index (χ3v) is 2.59. The molecule has 2 N–H and O–H groups in total. The van der Waals surface area contributed by atoms with Crippen molar-refractivity contribution in [2.75, 3.05) is 0 Å². The number of carbonyl (C=O) groups excluding carboxylic acids is 1. The summed E-state index contributed by atoms with van der Waals surface area (Å²) in [5, 5.41) is 0.477. The lowest BCUT2D eigenvalue weighted by Gasteiger charge is -2.07. The molecule has 0 aliphatic rings. The Morgan fingerprint density at radius 3 is 2.69 bits per heavy atom. The zero-order chi connectivity index (χ0) is 11.9. The van der Waals surface area contributed by atoms with E-state index in [-0.39, 0.29) is 5.58 Å². The van der Waals surface area contributed by atoms with Crippen LogP contribution in [0, 0.1) is 0 Å². The van der Waals surface area contributed by atoms with Crippen LogP contribution in [0.25, 0.3) is 11.0 Å². The molecule has 2 rings (SSSR count). The summed E-state index contributed by atoms with van der Waals surface area (Å²) in [6, 6.07) is 5.89. The topological polar surface area (TPSA) is 56.2 Å². The monoisotopic (exact) mass is 289 g/mol. The number of benzene rings is 1. The molecule has 0 saturated heterocycles. The molecule has 3 nitrogen and oxygen atoms in total. The first-order valence-corrected chi connectivity index (χ1v) is 5.08. The lowest BCUT2D eigenvalue weighted by atomic mass is 10.2. The van der Waals surface area contributed by atoms with Gasteiger partial charge in [0, 0.05) is 9.86 Å². The van der Waals surface area contributed by atoms with Crippen LogP contribution in [0.1, 0.15) is 5.76 Å². The van der Waals surface area contributed by atoms with E-state index in [9.17, 15) is 13.6 Å². The van der Waals surface area contributed by atoms with Crippen molar-refractivity contribution in [3.05, 3.63) is 34.5 Å². The number of hydrogen-bond acceptors (Lipinski definition) is 2. The molecule has 16 heavy (non-hydrogen) atoms. The molecule has 0 atom stereocenters. The fourth-order valence-electron chi connectivity index (χ4n) is 1.29. The fourth-order valence-corrected chi connectivity index (χ4v) is 1.67. The molecule has 0 radical (unpaired) electrons. The van der Waals surface area contributed by atoms with Gasteiger partial charge in [0.15, 0.2) is 5.76 Å². The minimum Gasteiger partial charge on any atom is -0.454 e. The molecule has 1 aromatic carbocycles. The summed E-state index contributed by atoms with van der Waals surface area (Å²) < 4.78 is 32.1. The standard InChI is InChI=1S/C10H6BrF2NO2/c11-6-1-2-7-5(3-6)4-8(16-7)10(12,13)9(14)15/h1-4H,(H2,14,15). The van der Waals surface area contributed by atoms with Crippen LogP contribution in [-0.4, -0.2) is 5.91 Å². The number of hydrogen-bond donors (Lipinski definition) is 1. The minimum absolute atomic E-state index is 0.277. The van der Waals surface area contributed by atoms with E-state index in [1.807, 2.05) is 0 Å². The highest BCUT2D eigenvalue weighted by atomic mass is 79.9. The van der Waals surface area contributed by atoms with Gasteiger partial charge in [0.25, 0.3) is 5.91 Å². The fraction of sp³-hybridized carbons (Fsp3) is 0.100. The number of alkyl halides is 2. The normalized spacial score (nSPS) is 11.9. The SMILES string of the molecule is NC(=O)C(F)(F)c1cc2cc(Br)ccc2o1. The molecule has 1 heterocycles. The number of carbonyl (C=O) groups is 1. The number of amides is 1. The van der Waals surface area contributed by atoms with Gasteiger partial charge in [0.05, 0.1) is 0 Å². The van der Waals surface area contributed by atoms with Crippen LogP contribution in [0.4, 0.5) is 8.78 Å². The molecule has 2 aromatic rings. The van der Waals surface area contributed by atoms with Gasteiger partial charge in [-0.1, -0.05) is 15.9 Å². The average molecular weight is 290 g/mol. The molecule has 0 bridgehead atoms. The van der Waals surface area contributed by atoms with Crippen LogP contribution in [0.15, 0.2) is 33.2 Å². The van der Waals surface area contributed by atoms with Gasteiger partial charge in [-0.25, -0.2) is 0 Å². The Balaban J connectivity index is 2.59. The molecule has 6 heteroatoms. The quantitative estimate of drug-likeness (QED) is 0.924. The first kappa shape index (κ1) is 11.1. The molecular formula is C10H6BrF2NO2. The summed E-state index contributed by atoms with van der Waals surface area (Å²) in [7, 11) is 0. The predicted octanol–water partition coefficient (Wildman–Crippen LogP) is 2.77. The van der Waals surface area contributed by atoms with Gasteiger partial charge in [-0.05, 0) is 24.3 Å². The molecule has 1 amide bonds. The third-order valence-electron chi connectivity index (χ3n) is 2.10. The van der Waals surface area contributed by atoms with E-state index in [1.165, 1.54) is 6.07 Å². The smallest absolute Gasteiger partial charge is 0.380 e. The lowest BCUT2D eigenvalue weighted by molar-refractivity contribution is -0.145. The van der Waals surface area contributed by atoms with Crippen molar-refractivity contribution in [2.24, 2.45) is 5.73 Å². The molecule has 0 unspecified atom stereocenters. The summed E-state index contributed by atoms with van der Waals surface area (Å²) >= 11 is 3.20. The average Bonchev–Trinajstić information content (AvgIpc) is 2.60. The zero-order valence-corrected chi connectivity index (χ0v) is 9.42. The van der Waals surface area contributed by atoms with E-state index >= 15 is 0 Å². The zero-order valence-electron chi connectivity index (χ0n) is 7.84. The van der Waals surface area contributed by atoms with E-state index in [0.717, 1.165) is 10.5 Å². The van der Waals surface area contributed by atoms with E-state index < -0.39 is 17.6 Å². The second-order valence-electron chi connectivity index (χ2n) is 3.23. The van der Waals surface area contributed by atoms with E-state index in [4.69, 9.17) is 4.42 Å². The maximum Gasteiger partial charge on any atom is 0.380 e. The Hall–Kier alpha value is -1.43. The summed E-state index contributed by atoms with van der Waals surface area (Å²) in [6.07, 6.45) is 0. The van der Waals surface area contributed by atoms with Crippen molar-refractivity contribution < 1.29 is 18.0 Å². The molecule has 84 valence electrons. The second-order valence-corrected chi connectivity index (χ2v) is 4.15. The largest absolute Gasteiger partial charge is 0.454 e. The lowest BCUT2D eigenvalue weighted by Crippen LogP contribution is -2.32. The van der Waals surface area contributed by atoms with Gasteiger partial charge in [-0.3, -0.25) is 4.79 Å². The Morgan fingerprint density at radius 1 is 1.38 bits per heavy atom. The molecule has 0 spiro atoms. The van der Waals surface area contributed by atoms with Crippen LogP contribution in [0.2, 0.25) is 0 Å². The number of rotatable bonds is 2. The third kappa shape index (κ3) is 1.69. The minimum atomic E-state index is -3.79. The number of furan rings is 1. The van der Waals surface area contributed by atoms with E-state index in [1.54, 1.807) is 12.1 Å². The van der Waals surface area contributed by atoms with Crippen molar-refractivity contribution in [2.45, 2.75) is 5.92 Å². The van der Waals surface area contributed by atoms with Gasteiger partial charge < -0.3 is 10.2 Å². The van der Waals surface area contributed by atoms with Crippen molar-refractivity contribution in [1.82, 2.24) is 0 Å². The molecule has 0 saturated carbocycles. The molecular weight excluding hydrogens is 284 g/mol. The van der Waals surface area contributed by atoms with Crippen LogP contribution in [0.5, 0.6) is 0 Å². The van der Waals surface area contributed by atoms with Crippen LogP contribution >= 0.6 is 15.9 Å². The van der Waals surface area contributed by atoms with E-state index in [0.29, 0.717) is 5.39 Å². The summed E-state index contributed by atoms with van der Waals surface area (Å²) in [5.74, 6) is -6.26. The number of primary amides is 1. The Kier molecular flexibility index (Phi) is 2.46. The molecule has 1 aromatic heterocycles. The number of fused-ring (bicyclic) bond motifs is 1. The Morgan fingerprint density at radius 2 is 2.06 bits per heavy atom. The van der Waals surface area contributed by atoms with Crippen molar-refractivity contribution in [1.29, 1.82) is 0 Å². The van der Waals surface area contributed by atoms with Gasteiger partial charge in [-0.2, -0.15) is 8.78 Å². The number of nitrogens with two attached hydrogens (primary N) is 1. The van der Waals surface area contributed by atoms with Crippen LogP contribution in [0.3, 0.4) is 0 Å².